The quantitative estimate of drug-likeness (QED) is 0.807. The molecule has 1 saturated carbocycles. The molecule has 1 aromatic carbocycles. The highest BCUT2D eigenvalue weighted by molar-refractivity contribution is 9.10. The van der Waals surface area contributed by atoms with E-state index in [2.05, 4.69) is 39.0 Å². The Labute approximate surface area is 134 Å². The van der Waals surface area contributed by atoms with Crippen LogP contribution in [0.15, 0.2) is 22.7 Å². The van der Waals surface area contributed by atoms with Crippen LogP contribution < -0.4 is 10.6 Å². The highest BCUT2D eigenvalue weighted by atomic mass is 79.9. The fraction of sp³-hybridized carbons (Fsp3) is 0.562. The van der Waals surface area contributed by atoms with Gasteiger partial charge in [-0.05, 0) is 65.7 Å². The van der Waals surface area contributed by atoms with E-state index >= 15 is 0 Å². The van der Waals surface area contributed by atoms with Gasteiger partial charge >= 0.3 is 0 Å². The molecule has 1 aliphatic heterocycles. The van der Waals surface area contributed by atoms with Crippen molar-refractivity contribution in [2.75, 3.05) is 11.4 Å². The van der Waals surface area contributed by atoms with Crippen molar-refractivity contribution >= 4 is 38.8 Å². The first-order chi connectivity index (χ1) is 9.66. The number of hydrogen-bond donors (Lipinski definition) is 1. The smallest absolute Gasteiger partial charge is 0.104 e. The van der Waals surface area contributed by atoms with E-state index in [4.69, 9.17) is 18.0 Å². The van der Waals surface area contributed by atoms with Crippen LogP contribution in [0.3, 0.4) is 0 Å². The maximum Gasteiger partial charge on any atom is 0.104 e. The number of nitrogens with two attached hydrogens (primary N) is 1. The van der Waals surface area contributed by atoms with Crippen LogP contribution in [-0.2, 0) is 0 Å². The largest absolute Gasteiger partial charge is 0.389 e. The van der Waals surface area contributed by atoms with Crippen LogP contribution >= 0.6 is 28.1 Å². The highest BCUT2D eigenvalue weighted by Gasteiger charge is 2.33. The van der Waals surface area contributed by atoms with Crippen molar-refractivity contribution in [2.24, 2.45) is 11.7 Å². The van der Waals surface area contributed by atoms with Crippen molar-refractivity contribution in [1.82, 2.24) is 0 Å². The molecule has 0 radical (unpaired) electrons. The van der Waals surface area contributed by atoms with Crippen LogP contribution in [0, 0.1) is 5.92 Å². The van der Waals surface area contributed by atoms with Gasteiger partial charge < -0.3 is 10.6 Å². The Balaban J connectivity index is 1.89. The van der Waals surface area contributed by atoms with Crippen LogP contribution in [0.1, 0.15) is 44.1 Å². The van der Waals surface area contributed by atoms with Crippen LogP contribution in [0.4, 0.5) is 5.69 Å². The predicted octanol–water partition coefficient (Wildman–Crippen LogP) is 4.24. The van der Waals surface area contributed by atoms with Crippen molar-refractivity contribution in [1.29, 1.82) is 0 Å². The summed E-state index contributed by atoms with van der Waals surface area (Å²) in [6, 6.07) is 7.01. The minimum absolute atomic E-state index is 0.464. The predicted molar refractivity (Wildman–Crippen MR) is 92.4 cm³/mol. The van der Waals surface area contributed by atoms with Gasteiger partial charge in [0.15, 0.2) is 0 Å². The summed E-state index contributed by atoms with van der Waals surface area (Å²) in [5.74, 6) is 0.889. The zero-order valence-corrected chi connectivity index (χ0v) is 14.0. The van der Waals surface area contributed by atoms with E-state index in [-0.39, 0.29) is 0 Å². The standard InChI is InChI=1S/C16H21BrN2S/c17-13-10-12(16(18)20)7-8-15(13)19-9-3-5-11-4-1-2-6-14(11)19/h7-8,10-11,14H,1-6,9H2,(H2,18,20)/t11-,14-/m1/s1. The lowest BCUT2D eigenvalue weighted by atomic mass is 9.78. The molecule has 108 valence electrons. The van der Waals surface area contributed by atoms with Gasteiger partial charge in [-0.3, -0.25) is 0 Å². The lowest BCUT2D eigenvalue weighted by molar-refractivity contribution is 0.243. The van der Waals surface area contributed by atoms with E-state index in [0.717, 1.165) is 22.0 Å². The summed E-state index contributed by atoms with van der Waals surface area (Å²) in [6.07, 6.45) is 8.25. The first-order valence-corrected chi connectivity index (χ1v) is 8.73. The van der Waals surface area contributed by atoms with E-state index in [1.54, 1.807) is 0 Å². The van der Waals surface area contributed by atoms with Gasteiger partial charge in [0.1, 0.15) is 4.99 Å². The fourth-order valence-electron chi connectivity index (χ4n) is 3.82. The molecule has 2 aliphatic rings. The summed E-state index contributed by atoms with van der Waals surface area (Å²) in [5.41, 5.74) is 7.96. The number of rotatable bonds is 2. The van der Waals surface area contributed by atoms with Gasteiger partial charge in [-0.1, -0.05) is 25.1 Å². The number of thiocarbonyl (C=S) groups is 1. The molecule has 0 bridgehead atoms. The van der Waals surface area contributed by atoms with Crippen LogP contribution in [0.25, 0.3) is 0 Å². The summed E-state index contributed by atoms with van der Waals surface area (Å²) in [4.78, 5) is 3.08. The van der Waals surface area contributed by atoms with Gasteiger partial charge in [0, 0.05) is 22.6 Å². The number of benzene rings is 1. The average molecular weight is 353 g/mol. The number of nitrogens with zero attached hydrogens (tertiary/aromatic N) is 1. The first-order valence-electron chi connectivity index (χ1n) is 7.53. The fourth-order valence-corrected chi connectivity index (χ4v) is 4.55. The van der Waals surface area contributed by atoms with Crippen molar-refractivity contribution in [3.63, 3.8) is 0 Å². The number of piperidine rings is 1. The monoisotopic (exact) mass is 352 g/mol. The van der Waals surface area contributed by atoms with E-state index in [1.165, 1.54) is 50.8 Å². The van der Waals surface area contributed by atoms with Crippen LogP contribution in [0.2, 0.25) is 0 Å². The summed E-state index contributed by atoms with van der Waals surface area (Å²) in [6.45, 7) is 1.17. The summed E-state index contributed by atoms with van der Waals surface area (Å²) >= 11 is 8.77. The molecule has 1 aromatic rings. The Morgan fingerprint density at radius 2 is 1.95 bits per heavy atom. The van der Waals surface area contributed by atoms with Crippen LogP contribution in [-0.4, -0.2) is 17.6 Å². The molecule has 2 atom stereocenters. The SMILES string of the molecule is NC(=S)c1ccc(N2CCC[C@H]3CCCC[C@H]32)c(Br)c1. The third-order valence-electron chi connectivity index (χ3n) is 4.78. The summed E-state index contributed by atoms with van der Waals surface area (Å²) in [5, 5.41) is 0. The number of halogens is 1. The number of fused-ring (bicyclic) bond motifs is 1. The molecule has 1 heterocycles. The molecule has 1 aliphatic carbocycles. The van der Waals surface area contributed by atoms with Crippen molar-refractivity contribution in [3.05, 3.63) is 28.2 Å². The third-order valence-corrected chi connectivity index (χ3v) is 5.66. The van der Waals surface area contributed by atoms with Gasteiger partial charge in [0.2, 0.25) is 0 Å². The molecule has 0 spiro atoms. The number of anilines is 1. The molecule has 0 aromatic heterocycles. The van der Waals surface area contributed by atoms with Crippen molar-refractivity contribution in [2.45, 2.75) is 44.6 Å². The van der Waals surface area contributed by atoms with E-state index in [9.17, 15) is 0 Å². The third kappa shape index (κ3) is 2.73. The molecular weight excluding hydrogens is 332 g/mol. The maximum absolute atomic E-state index is 5.71. The molecule has 0 unspecified atom stereocenters. The van der Waals surface area contributed by atoms with Gasteiger partial charge in [0.05, 0.1) is 5.69 Å². The van der Waals surface area contributed by atoms with E-state index in [1.807, 2.05) is 0 Å². The first kappa shape index (κ1) is 14.3. The highest BCUT2D eigenvalue weighted by Crippen LogP contribution is 2.40. The lowest BCUT2D eigenvalue weighted by Gasteiger charge is -2.45. The van der Waals surface area contributed by atoms with Gasteiger partial charge in [-0.2, -0.15) is 0 Å². The second-order valence-electron chi connectivity index (χ2n) is 5.98. The normalized spacial score (nSPS) is 26.1. The minimum Gasteiger partial charge on any atom is -0.389 e. The van der Waals surface area contributed by atoms with Gasteiger partial charge in [-0.15, -0.1) is 0 Å². The lowest BCUT2D eigenvalue weighted by Crippen LogP contribution is -2.47. The molecule has 4 heteroatoms. The second kappa shape index (κ2) is 6.02. The summed E-state index contributed by atoms with van der Waals surface area (Å²) in [7, 11) is 0. The Morgan fingerprint density at radius 1 is 1.20 bits per heavy atom. The molecular formula is C16H21BrN2S. The second-order valence-corrected chi connectivity index (χ2v) is 7.27. The van der Waals surface area contributed by atoms with Crippen LogP contribution in [0.5, 0.6) is 0 Å². The molecule has 2 fully saturated rings. The topological polar surface area (TPSA) is 29.3 Å². The van der Waals surface area contributed by atoms with Gasteiger partial charge in [-0.25, -0.2) is 0 Å². The molecule has 2 nitrogen and oxygen atoms in total. The Bertz CT molecular complexity index is 515. The number of hydrogen-bond acceptors (Lipinski definition) is 2. The molecule has 0 amide bonds. The average Bonchev–Trinajstić information content (AvgIpc) is 2.46. The van der Waals surface area contributed by atoms with E-state index in [0.29, 0.717) is 4.99 Å². The molecule has 2 N–H and O–H groups in total. The Hall–Kier alpha value is -0.610. The van der Waals surface area contributed by atoms with Crippen molar-refractivity contribution in [3.8, 4) is 0 Å². The molecule has 20 heavy (non-hydrogen) atoms. The molecule has 3 rings (SSSR count). The van der Waals surface area contributed by atoms with E-state index < -0.39 is 0 Å². The molecule has 1 saturated heterocycles. The zero-order chi connectivity index (χ0) is 14.1. The van der Waals surface area contributed by atoms with Gasteiger partial charge in [0.25, 0.3) is 0 Å². The maximum atomic E-state index is 5.71. The Kier molecular flexibility index (Phi) is 4.32. The Morgan fingerprint density at radius 3 is 2.70 bits per heavy atom. The summed E-state index contributed by atoms with van der Waals surface area (Å²) < 4.78 is 1.12. The minimum atomic E-state index is 0.464. The van der Waals surface area contributed by atoms with Crippen molar-refractivity contribution < 1.29 is 0 Å². The zero-order valence-electron chi connectivity index (χ0n) is 11.6.